The first kappa shape index (κ1) is 18.1. The summed E-state index contributed by atoms with van der Waals surface area (Å²) in [6, 6.07) is 8.67. The van der Waals surface area contributed by atoms with Gasteiger partial charge in [-0.15, -0.1) is 0 Å². The number of aromatic nitrogens is 2. The fourth-order valence-corrected chi connectivity index (χ4v) is 3.25. The molecule has 1 aliphatic heterocycles. The first-order chi connectivity index (χ1) is 13.5. The number of rotatable bonds is 4. The summed E-state index contributed by atoms with van der Waals surface area (Å²) in [4.78, 5) is 30.7. The smallest absolute Gasteiger partial charge is 0.373 e. The predicted molar refractivity (Wildman–Crippen MR) is 106 cm³/mol. The number of ether oxygens (including phenoxy) is 1. The molecule has 0 radical (unpaired) electrons. The summed E-state index contributed by atoms with van der Waals surface area (Å²) < 4.78 is 11.9. The van der Waals surface area contributed by atoms with Crippen molar-refractivity contribution in [1.29, 1.82) is 0 Å². The van der Waals surface area contributed by atoms with Crippen LogP contribution in [0.2, 0.25) is 0 Å². The highest BCUT2D eigenvalue weighted by Crippen LogP contribution is 2.35. The van der Waals surface area contributed by atoms with Gasteiger partial charge in [0, 0.05) is 21.8 Å². The molecule has 8 nitrogen and oxygen atoms in total. The molecule has 3 aromatic rings. The maximum Gasteiger partial charge on any atom is 0.373 e. The van der Waals surface area contributed by atoms with Crippen molar-refractivity contribution >= 4 is 45.5 Å². The van der Waals surface area contributed by atoms with Gasteiger partial charge in [-0.25, -0.2) is 9.59 Å². The molecule has 3 heterocycles. The van der Waals surface area contributed by atoms with Crippen LogP contribution in [0.25, 0.3) is 11.6 Å². The molecule has 0 amide bonds. The normalized spacial score (nSPS) is 13.9. The van der Waals surface area contributed by atoms with Crippen LogP contribution in [0.15, 0.2) is 49.0 Å². The Balaban J connectivity index is 1.65. The third-order valence-electron chi connectivity index (χ3n) is 4.26. The second kappa shape index (κ2) is 7.01. The van der Waals surface area contributed by atoms with Gasteiger partial charge < -0.3 is 19.2 Å². The molecular weight excluding hydrogens is 430 g/mol. The Morgan fingerprint density at radius 3 is 3.00 bits per heavy atom. The number of imidazole rings is 1. The van der Waals surface area contributed by atoms with Crippen molar-refractivity contribution in [1.82, 2.24) is 9.55 Å². The van der Waals surface area contributed by atoms with E-state index in [9.17, 15) is 14.7 Å². The fraction of sp³-hybridized carbons (Fsp3) is 0.105. The number of esters is 1. The number of nitrogens with zero attached hydrogens (tertiary/aromatic N) is 2. The van der Waals surface area contributed by atoms with E-state index >= 15 is 0 Å². The molecular formula is C19H14BrN3O5. The van der Waals surface area contributed by atoms with Gasteiger partial charge >= 0.3 is 11.7 Å². The zero-order chi connectivity index (χ0) is 19.8. The van der Waals surface area contributed by atoms with Crippen LogP contribution in [0.4, 0.5) is 5.69 Å². The Bertz CT molecular complexity index is 1200. The Kier molecular flexibility index (Phi) is 4.52. The van der Waals surface area contributed by atoms with E-state index in [1.165, 1.54) is 13.2 Å². The molecule has 4 rings (SSSR count). The van der Waals surface area contributed by atoms with Crippen molar-refractivity contribution in [3.8, 4) is 5.88 Å². The number of furan rings is 1. The summed E-state index contributed by atoms with van der Waals surface area (Å²) in [6.45, 7) is -0.0441. The molecule has 0 bridgehead atoms. The summed E-state index contributed by atoms with van der Waals surface area (Å²) in [6.07, 6.45) is 3.32. The summed E-state index contributed by atoms with van der Waals surface area (Å²) in [5.74, 6) is -0.516. The van der Waals surface area contributed by atoms with Crippen molar-refractivity contribution in [3.63, 3.8) is 0 Å². The molecule has 0 aliphatic carbocycles. The number of carbonyl (C=O) groups excluding carboxylic acids is 1. The zero-order valence-corrected chi connectivity index (χ0v) is 16.2. The maximum absolute atomic E-state index is 12.3. The van der Waals surface area contributed by atoms with Crippen LogP contribution in [0.3, 0.4) is 0 Å². The van der Waals surface area contributed by atoms with Gasteiger partial charge in [0.25, 0.3) is 0 Å². The second-order valence-electron chi connectivity index (χ2n) is 6.03. The average molecular weight is 444 g/mol. The van der Waals surface area contributed by atoms with Gasteiger partial charge in [-0.05, 0) is 36.4 Å². The standard InChI is InChI=1S/C19H14BrN3O5/c1-27-18(25)16-5-3-12(28-16)9-23-17(24)15(22-19(23)26)6-10-8-21-14-4-2-11(20)7-13(10)14/h2-8,24H,9H2,1H3,(H,22,26)/b10-6+. The molecule has 2 aromatic heterocycles. The molecule has 0 unspecified atom stereocenters. The van der Waals surface area contributed by atoms with Crippen LogP contribution in [0.5, 0.6) is 5.88 Å². The minimum atomic E-state index is -0.618. The molecule has 0 saturated heterocycles. The number of benzene rings is 1. The highest BCUT2D eigenvalue weighted by atomic mass is 79.9. The quantitative estimate of drug-likeness (QED) is 0.600. The van der Waals surface area contributed by atoms with Gasteiger partial charge in [0.2, 0.25) is 11.6 Å². The predicted octanol–water partition coefficient (Wildman–Crippen LogP) is 3.33. The molecule has 2 N–H and O–H groups in total. The molecule has 9 heteroatoms. The number of halogens is 1. The molecule has 28 heavy (non-hydrogen) atoms. The second-order valence-corrected chi connectivity index (χ2v) is 6.95. The van der Waals surface area contributed by atoms with E-state index in [-0.39, 0.29) is 23.9 Å². The summed E-state index contributed by atoms with van der Waals surface area (Å²) >= 11 is 3.42. The number of H-pyrrole nitrogens is 1. The number of nitrogens with one attached hydrogen (secondary N) is 1. The van der Waals surface area contributed by atoms with Gasteiger partial charge in [0.05, 0.1) is 19.3 Å². The number of methoxy groups -OCH3 is 1. The molecule has 0 atom stereocenters. The van der Waals surface area contributed by atoms with Gasteiger partial charge in [0.1, 0.15) is 11.5 Å². The van der Waals surface area contributed by atoms with E-state index in [4.69, 9.17) is 4.42 Å². The summed E-state index contributed by atoms with van der Waals surface area (Å²) in [5.41, 5.74) is 2.19. The lowest BCUT2D eigenvalue weighted by molar-refractivity contribution is 0.0563. The van der Waals surface area contributed by atoms with E-state index < -0.39 is 11.7 Å². The lowest BCUT2D eigenvalue weighted by Gasteiger charge is -2.02. The Morgan fingerprint density at radius 1 is 1.39 bits per heavy atom. The summed E-state index contributed by atoms with van der Waals surface area (Å²) in [5, 5.41) is 10.5. The fourth-order valence-electron chi connectivity index (χ4n) is 2.89. The van der Waals surface area contributed by atoms with E-state index in [1.807, 2.05) is 18.2 Å². The minimum absolute atomic E-state index is 0.0206. The molecule has 0 saturated carbocycles. The van der Waals surface area contributed by atoms with Crippen molar-refractivity contribution < 1.29 is 19.1 Å². The Morgan fingerprint density at radius 2 is 2.21 bits per heavy atom. The molecule has 1 aromatic carbocycles. The van der Waals surface area contributed by atoms with Crippen molar-refractivity contribution in [3.05, 3.63) is 68.1 Å². The van der Waals surface area contributed by atoms with E-state index in [0.29, 0.717) is 5.76 Å². The van der Waals surface area contributed by atoms with Crippen LogP contribution in [-0.4, -0.2) is 34.0 Å². The topological polar surface area (TPSA) is 110 Å². The van der Waals surface area contributed by atoms with Crippen molar-refractivity contribution in [2.75, 3.05) is 7.11 Å². The van der Waals surface area contributed by atoms with Gasteiger partial charge in [-0.3, -0.25) is 9.56 Å². The number of aromatic amines is 1. The number of aromatic hydroxyl groups is 1. The average Bonchev–Trinajstić information content (AvgIpc) is 3.37. The minimum Gasteiger partial charge on any atom is -0.493 e. The number of hydrogen-bond acceptors (Lipinski definition) is 6. The lowest BCUT2D eigenvalue weighted by atomic mass is 10.1. The van der Waals surface area contributed by atoms with Crippen molar-refractivity contribution in [2.45, 2.75) is 6.54 Å². The van der Waals surface area contributed by atoms with Crippen LogP contribution in [-0.2, 0) is 11.3 Å². The van der Waals surface area contributed by atoms with Crippen LogP contribution in [0.1, 0.15) is 27.6 Å². The van der Waals surface area contributed by atoms with Gasteiger partial charge in [-0.2, -0.15) is 0 Å². The van der Waals surface area contributed by atoms with E-state index in [0.717, 1.165) is 25.9 Å². The highest BCUT2D eigenvalue weighted by molar-refractivity contribution is 9.10. The van der Waals surface area contributed by atoms with E-state index in [2.05, 4.69) is 30.6 Å². The summed E-state index contributed by atoms with van der Waals surface area (Å²) in [7, 11) is 1.25. The lowest BCUT2D eigenvalue weighted by Crippen LogP contribution is -2.16. The molecule has 0 spiro atoms. The zero-order valence-electron chi connectivity index (χ0n) is 14.6. The Hall–Kier alpha value is -3.33. The first-order valence-electron chi connectivity index (χ1n) is 8.21. The van der Waals surface area contributed by atoms with Crippen molar-refractivity contribution in [2.24, 2.45) is 4.99 Å². The third kappa shape index (κ3) is 3.20. The number of aliphatic imine (C=N–C) groups is 1. The van der Waals surface area contributed by atoms with Crippen LogP contribution in [0, 0.1) is 0 Å². The largest absolute Gasteiger partial charge is 0.493 e. The van der Waals surface area contributed by atoms with Gasteiger partial charge in [-0.1, -0.05) is 15.9 Å². The maximum atomic E-state index is 12.3. The number of hydrogen-bond donors (Lipinski definition) is 2. The number of carbonyl (C=O) groups is 1. The molecule has 142 valence electrons. The number of allylic oxidation sites excluding steroid dienone is 1. The monoisotopic (exact) mass is 443 g/mol. The third-order valence-corrected chi connectivity index (χ3v) is 4.75. The van der Waals surface area contributed by atoms with E-state index in [1.54, 1.807) is 18.4 Å². The number of fused-ring (bicyclic) bond motifs is 1. The Labute approximate surface area is 166 Å². The van der Waals surface area contributed by atoms with Crippen LogP contribution >= 0.6 is 15.9 Å². The van der Waals surface area contributed by atoms with Crippen LogP contribution < -0.4 is 5.69 Å². The molecule has 1 aliphatic rings. The molecule has 0 fully saturated rings. The van der Waals surface area contributed by atoms with Gasteiger partial charge in [0.15, 0.2) is 0 Å². The SMILES string of the molecule is COC(=O)c1ccc(Cn2c(O)c(/C=C3\C=Nc4ccc(Br)cc43)[nH]c2=O)o1. The highest BCUT2D eigenvalue weighted by Gasteiger charge is 2.18. The first-order valence-corrected chi connectivity index (χ1v) is 9.00.